The Morgan fingerprint density at radius 1 is 0.842 bits per heavy atom. The molecule has 0 bridgehead atoms. The molecule has 108 valence electrons. The Balaban J connectivity index is 1.38. The fraction of sp³-hybridized carbons (Fsp3) is 1.00. The maximum atomic E-state index is 3.85. The number of rotatable bonds is 3. The van der Waals surface area contributed by atoms with Gasteiger partial charge in [0.15, 0.2) is 0 Å². The molecule has 2 aliphatic carbocycles. The summed E-state index contributed by atoms with van der Waals surface area (Å²) in [6, 6.07) is 1.78. The van der Waals surface area contributed by atoms with E-state index in [-0.39, 0.29) is 0 Å². The van der Waals surface area contributed by atoms with Crippen molar-refractivity contribution in [2.24, 2.45) is 17.8 Å². The van der Waals surface area contributed by atoms with Crippen LogP contribution in [0.4, 0.5) is 0 Å². The lowest BCUT2D eigenvalue weighted by atomic mass is 9.92. The van der Waals surface area contributed by atoms with Crippen molar-refractivity contribution in [1.29, 1.82) is 0 Å². The van der Waals surface area contributed by atoms with E-state index in [1.807, 2.05) is 0 Å². The molecule has 2 heteroatoms. The van der Waals surface area contributed by atoms with E-state index in [1.165, 1.54) is 77.4 Å². The molecule has 0 amide bonds. The van der Waals surface area contributed by atoms with Gasteiger partial charge in [0.2, 0.25) is 0 Å². The van der Waals surface area contributed by atoms with Crippen molar-refractivity contribution in [3.63, 3.8) is 0 Å². The van der Waals surface area contributed by atoms with E-state index in [9.17, 15) is 0 Å². The molecule has 4 rings (SSSR count). The highest BCUT2D eigenvalue weighted by molar-refractivity contribution is 4.97. The molecule has 19 heavy (non-hydrogen) atoms. The SMILES string of the molecule is C1CCC(C2CCCN2CC2NCC3CCCC32)C1. The Labute approximate surface area is 118 Å². The molecule has 4 fully saturated rings. The first-order valence-electron chi connectivity index (χ1n) is 8.89. The van der Waals surface area contributed by atoms with Crippen LogP contribution in [-0.2, 0) is 0 Å². The molecule has 2 aliphatic heterocycles. The van der Waals surface area contributed by atoms with Crippen molar-refractivity contribution >= 4 is 0 Å². The minimum atomic E-state index is 0.828. The molecule has 0 aromatic rings. The van der Waals surface area contributed by atoms with E-state index in [2.05, 4.69) is 10.2 Å². The first-order chi connectivity index (χ1) is 9.42. The molecule has 0 radical (unpaired) electrons. The average molecular weight is 262 g/mol. The summed E-state index contributed by atoms with van der Waals surface area (Å²) in [5.41, 5.74) is 0. The van der Waals surface area contributed by atoms with Crippen molar-refractivity contribution in [3.05, 3.63) is 0 Å². The first-order valence-corrected chi connectivity index (χ1v) is 8.89. The Bertz CT molecular complexity index is 310. The van der Waals surface area contributed by atoms with Gasteiger partial charge >= 0.3 is 0 Å². The predicted molar refractivity (Wildman–Crippen MR) is 79.2 cm³/mol. The van der Waals surface area contributed by atoms with Gasteiger partial charge in [-0.05, 0) is 69.4 Å². The molecule has 0 aromatic carbocycles. The predicted octanol–water partition coefficient (Wildman–Crippen LogP) is 3.03. The van der Waals surface area contributed by atoms with Gasteiger partial charge in [0.25, 0.3) is 0 Å². The lowest BCUT2D eigenvalue weighted by molar-refractivity contribution is 0.164. The highest BCUT2D eigenvalue weighted by Gasteiger charge is 2.41. The first kappa shape index (κ1) is 12.6. The van der Waals surface area contributed by atoms with Crippen LogP contribution in [0.3, 0.4) is 0 Å². The molecular formula is C17H30N2. The normalized spacial score (nSPS) is 44.2. The third kappa shape index (κ3) is 2.35. The minimum Gasteiger partial charge on any atom is -0.312 e. The summed E-state index contributed by atoms with van der Waals surface area (Å²) < 4.78 is 0. The Morgan fingerprint density at radius 2 is 1.68 bits per heavy atom. The third-order valence-electron chi connectivity index (χ3n) is 6.67. The van der Waals surface area contributed by atoms with E-state index < -0.39 is 0 Å². The standard InChI is InChI=1S/C17H30N2/c1-2-6-13(5-1)17-9-4-10-19(17)12-16-15-8-3-7-14(15)11-18-16/h13-18H,1-12H2. The third-order valence-corrected chi connectivity index (χ3v) is 6.67. The second-order valence-corrected chi connectivity index (χ2v) is 7.62. The highest BCUT2D eigenvalue weighted by Crippen LogP contribution is 2.40. The van der Waals surface area contributed by atoms with Crippen LogP contribution < -0.4 is 5.32 Å². The lowest BCUT2D eigenvalue weighted by Gasteiger charge is -2.33. The van der Waals surface area contributed by atoms with Gasteiger partial charge in [-0.1, -0.05) is 19.3 Å². The largest absolute Gasteiger partial charge is 0.312 e. The number of hydrogen-bond donors (Lipinski definition) is 1. The minimum absolute atomic E-state index is 0.828. The summed E-state index contributed by atoms with van der Waals surface area (Å²) in [7, 11) is 0. The van der Waals surface area contributed by atoms with Crippen LogP contribution in [0.2, 0.25) is 0 Å². The van der Waals surface area contributed by atoms with Crippen LogP contribution in [-0.4, -0.2) is 36.6 Å². The zero-order valence-corrected chi connectivity index (χ0v) is 12.3. The van der Waals surface area contributed by atoms with Crippen LogP contribution in [0, 0.1) is 17.8 Å². The fourth-order valence-electron chi connectivity index (χ4n) is 5.71. The van der Waals surface area contributed by atoms with E-state index in [0.717, 1.165) is 29.8 Å². The molecule has 4 unspecified atom stereocenters. The van der Waals surface area contributed by atoms with Gasteiger partial charge in [0.1, 0.15) is 0 Å². The lowest BCUT2D eigenvalue weighted by Crippen LogP contribution is -2.44. The van der Waals surface area contributed by atoms with Gasteiger partial charge < -0.3 is 5.32 Å². The van der Waals surface area contributed by atoms with Gasteiger partial charge in [0, 0.05) is 18.6 Å². The number of nitrogens with zero attached hydrogens (tertiary/aromatic N) is 1. The number of likely N-dealkylation sites (tertiary alicyclic amines) is 1. The fourth-order valence-corrected chi connectivity index (χ4v) is 5.71. The van der Waals surface area contributed by atoms with Crippen LogP contribution in [0.5, 0.6) is 0 Å². The van der Waals surface area contributed by atoms with Crippen molar-refractivity contribution in [3.8, 4) is 0 Å². The zero-order chi connectivity index (χ0) is 12.7. The van der Waals surface area contributed by atoms with E-state index in [0.29, 0.717) is 0 Å². The molecule has 1 N–H and O–H groups in total. The summed E-state index contributed by atoms with van der Waals surface area (Å²) in [5, 5.41) is 3.85. The molecule has 2 nitrogen and oxygen atoms in total. The number of nitrogens with one attached hydrogen (secondary N) is 1. The van der Waals surface area contributed by atoms with E-state index in [1.54, 1.807) is 0 Å². The van der Waals surface area contributed by atoms with Gasteiger partial charge in [-0.3, -0.25) is 4.90 Å². The van der Waals surface area contributed by atoms with Gasteiger partial charge in [-0.25, -0.2) is 0 Å². The average Bonchev–Trinajstić information content (AvgIpc) is 3.15. The summed E-state index contributed by atoms with van der Waals surface area (Å²) in [4.78, 5) is 2.88. The maximum Gasteiger partial charge on any atom is 0.0226 e. The van der Waals surface area contributed by atoms with Gasteiger partial charge in [-0.15, -0.1) is 0 Å². The summed E-state index contributed by atoms with van der Waals surface area (Å²) in [6.45, 7) is 4.07. The molecule has 4 atom stereocenters. The molecule has 0 spiro atoms. The van der Waals surface area contributed by atoms with Crippen molar-refractivity contribution in [2.75, 3.05) is 19.6 Å². The smallest absolute Gasteiger partial charge is 0.0226 e. The highest BCUT2D eigenvalue weighted by atomic mass is 15.2. The van der Waals surface area contributed by atoms with E-state index >= 15 is 0 Å². The second kappa shape index (κ2) is 5.37. The maximum absolute atomic E-state index is 3.85. The van der Waals surface area contributed by atoms with Crippen LogP contribution in [0.25, 0.3) is 0 Å². The quantitative estimate of drug-likeness (QED) is 0.841. The zero-order valence-electron chi connectivity index (χ0n) is 12.3. The number of fused-ring (bicyclic) bond motifs is 1. The van der Waals surface area contributed by atoms with Crippen molar-refractivity contribution in [2.45, 2.75) is 69.9 Å². The topological polar surface area (TPSA) is 15.3 Å². The summed E-state index contributed by atoms with van der Waals surface area (Å²) >= 11 is 0. The molecule has 4 aliphatic rings. The van der Waals surface area contributed by atoms with Crippen LogP contribution >= 0.6 is 0 Å². The number of hydrogen-bond acceptors (Lipinski definition) is 2. The van der Waals surface area contributed by atoms with Crippen LogP contribution in [0.15, 0.2) is 0 Å². The molecular weight excluding hydrogens is 232 g/mol. The molecule has 2 saturated heterocycles. The van der Waals surface area contributed by atoms with Gasteiger partial charge in [-0.2, -0.15) is 0 Å². The van der Waals surface area contributed by atoms with E-state index in [4.69, 9.17) is 0 Å². The second-order valence-electron chi connectivity index (χ2n) is 7.62. The Kier molecular flexibility index (Phi) is 3.57. The monoisotopic (exact) mass is 262 g/mol. The summed E-state index contributed by atoms with van der Waals surface area (Å²) in [5.74, 6) is 3.09. The Hall–Kier alpha value is -0.0800. The molecule has 0 aromatic heterocycles. The molecule has 2 heterocycles. The van der Waals surface area contributed by atoms with Crippen molar-refractivity contribution in [1.82, 2.24) is 10.2 Å². The summed E-state index contributed by atoms with van der Waals surface area (Å²) in [6.07, 6.45) is 13.5. The molecule has 2 saturated carbocycles. The van der Waals surface area contributed by atoms with Gasteiger partial charge in [0.05, 0.1) is 0 Å². The van der Waals surface area contributed by atoms with Crippen molar-refractivity contribution < 1.29 is 0 Å². The van der Waals surface area contributed by atoms with Crippen LogP contribution in [0.1, 0.15) is 57.8 Å². The Morgan fingerprint density at radius 3 is 2.58 bits per heavy atom.